The Morgan fingerprint density at radius 2 is 1.81 bits per heavy atom. The quantitative estimate of drug-likeness (QED) is 0.752. The SMILES string of the molecule is CC(C)c1ccccc1C1CNCC(=O)N1C1CC2(CCN(C(=O)OC(C)(C)C)CC2)C1. The lowest BCUT2D eigenvalue weighted by atomic mass is 9.59. The fourth-order valence-corrected chi connectivity index (χ4v) is 5.77. The Labute approximate surface area is 192 Å². The minimum atomic E-state index is -0.461. The van der Waals surface area contributed by atoms with Gasteiger partial charge >= 0.3 is 6.09 Å². The number of carbonyl (C=O) groups is 2. The lowest BCUT2D eigenvalue weighted by Gasteiger charge is -2.57. The molecule has 2 saturated heterocycles. The molecular weight excluding hydrogens is 402 g/mol. The molecule has 176 valence electrons. The number of piperidine rings is 1. The van der Waals surface area contributed by atoms with E-state index in [4.69, 9.17) is 4.74 Å². The average Bonchev–Trinajstić information content (AvgIpc) is 2.71. The van der Waals surface area contributed by atoms with E-state index in [9.17, 15) is 9.59 Å². The van der Waals surface area contributed by atoms with Gasteiger partial charge in [-0.25, -0.2) is 4.79 Å². The van der Waals surface area contributed by atoms with Crippen LogP contribution in [0.4, 0.5) is 4.79 Å². The van der Waals surface area contributed by atoms with Gasteiger partial charge in [-0.15, -0.1) is 0 Å². The molecule has 1 unspecified atom stereocenters. The van der Waals surface area contributed by atoms with Crippen molar-refractivity contribution in [2.45, 2.75) is 83.9 Å². The molecule has 1 aromatic rings. The number of carbonyl (C=O) groups excluding carboxylic acids is 2. The van der Waals surface area contributed by atoms with Crippen molar-refractivity contribution in [3.8, 4) is 0 Å². The topological polar surface area (TPSA) is 61.9 Å². The summed E-state index contributed by atoms with van der Waals surface area (Å²) in [7, 11) is 0. The smallest absolute Gasteiger partial charge is 0.410 e. The first-order chi connectivity index (χ1) is 15.1. The molecule has 3 fully saturated rings. The first kappa shape index (κ1) is 23.1. The van der Waals surface area contributed by atoms with Crippen LogP contribution in [-0.4, -0.2) is 59.6 Å². The summed E-state index contributed by atoms with van der Waals surface area (Å²) in [6.45, 7) is 12.9. The van der Waals surface area contributed by atoms with Gasteiger partial charge in [0.05, 0.1) is 12.6 Å². The van der Waals surface area contributed by atoms with Crippen molar-refractivity contribution in [1.82, 2.24) is 15.1 Å². The van der Waals surface area contributed by atoms with Crippen LogP contribution in [-0.2, 0) is 9.53 Å². The third kappa shape index (κ3) is 4.66. The number of nitrogens with one attached hydrogen (secondary N) is 1. The summed E-state index contributed by atoms with van der Waals surface area (Å²) in [6.07, 6.45) is 3.88. The number of hydrogen-bond acceptors (Lipinski definition) is 4. The lowest BCUT2D eigenvalue weighted by Crippen LogP contribution is -2.61. The van der Waals surface area contributed by atoms with Gasteiger partial charge in [-0.3, -0.25) is 4.79 Å². The molecule has 6 heteroatoms. The minimum Gasteiger partial charge on any atom is -0.444 e. The standard InChI is InChI=1S/C26H39N3O3/c1-18(2)20-8-6-7-9-21(20)22-16-27-17-23(30)29(22)19-14-26(15-19)10-12-28(13-11-26)24(31)32-25(3,4)5/h6-9,18-19,22,27H,10-17H2,1-5H3. The lowest BCUT2D eigenvalue weighted by molar-refractivity contribution is -0.147. The van der Waals surface area contributed by atoms with E-state index in [1.54, 1.807) is 0 Å². The summed E-state index contributed by atoms with van der Waals surface area (Å²) in [4.78, 5) is 29.5. The molecule has 1 aromatic carbocycles. The zero-order chi connectivity index (χ0) is 23.1. The van der Waals surface area contributed by atoms with Crippen molar-refractivity contribution in [3.63, 3.8) is 0 Å². The van der Waals surface area contributed by atoms with E-state index in [0.717, 1.165) is 45.3 Å². The van der Waals surface area contributed by atoms with E-state index < -0.39 is 5.60 Å². The second-order valence-electron chi connectivity index (χ2n) is 11.3. The number of rotatable bonds is 3. The third-order valence-corrected chi connectivity index (χ3v) is 7.42. The van der Waals surface area contributed by atoms with Gasteiger partial charge in [0.25, 0.3) is 0 Å². The second kappa shape index (κ2) is 8.69. The number of hydrogen-bond donors (Lipinski definition) is 1. The fraction of sp³-hybridized carbons (Fsp3) is 0.692. The van der Waals surface area contributed by atoms with Crippen molar-refractivity contribution in [1.29, 1.82) is 0 Å². The fourth-order valence-electron chi connectivity index (χ4n) is 5.77. The molecule has 2 heterocycles. The first-order valence-electron chi connectivity index (χ1n) is 12.2. The zero-order valence-corrected chi connectivity index (χ0v) is 20.3. The molecule has 2 amide bonds. The highest BCUT2D eigenvalue weighted by Crippen LogP contribution is 2.52. The largest absolute Gasteiger partial charge is 0.444 e. The highest BCUT2D eigenvalue weighted by Gasteiger charge is 2.51. The van der Waals surface area contributed by atoms with Crippen LogP contribution < -0.4 is 5.32 Å². The van der Waals surface area contributed by atoms with Crippen molar-refractivity contribution >= 4 is 12.0 Å². The summed E-state index contributed by atoms with van der Waals surface area (Å²) < 4.78 is 5.55. The van der Waals surface area contributed by atoms with Crippen LogP contribution in [0.15, 0.2) is 24.3 Å². The Morgan fingerprint density at radius 3 is 2.44 bits per heavy atom. The normalized spacial score (nSPS) is 24.1. The molecule has 6 nitrogen and oxygen atoms in total. The van der Waals surface area contributed by atoms with Crippen LogP contribution in [0, 0.1) is 5.41 Å². The average molecular weight is 442 g/mol. The zero-order valence-electron chi connectivity index (χ0n) is 20.3. The molecule has 1 aliphatic carbocycles. The Balaban J connectivity index is 1.42. The molecule has 2 aliphatic heterocycles. The number of likely N-dealkylation sites (tertiary alicyclic amines) is 1. The van der Waals surface area contributed by atoms with Crippen molar-refractivity contribution < 1.29 is 14.3 Å². The van der Waals surface area contributed by atoms with Crippen LogP contribution in [0.1, 0.15) is 83.4 Å². The molecule has 1 N–H and O–H groups in total. The highest BCUT2D eigenvalue weighted by molar-refractivity contribution is 5.80. The van der Waals surface area contributed by atoms with Gasteiger partial charge in [-0.2, -0.15) is 0 Å². The summed E-state index contributed by atoms with van der Waals surface area (Å²) in [5, 5.41) is 3.34. The number of ether oxygens (including phenoxy) is 1. The number of piperazine rings is 1. The maximum atomic E-state index is 13.0. The van der Waals surface area contributed by atoms with Crippen LogP contribution in [0.2, 0.25) is 0 Å². The van der Waals surface area contributed by atoms with Crippen LogP contribution in [0.5, 0.6) is 0 Å². The van der Waals surface area contributed by atoms with E-state index in [-0.39, 0.29) is 23.5 Å². The monoisotopic (exact) mass is 441 g/mol. The Bertz CT molecular complexity index is 844. The maximum Gasteiger partial charge on any atom is 0.410 e. The molecule has 0 bridgehead atoms. The van der Waals surface area contributed by atoms with Gasteiger partial charge in [-0.1, -0.05) is 38.1 Å². The highest BCUT2D eigenvalue weighted by atomic mass is 16.6. The molecule has 1 atom stereocenters. The number of nitrogens with zero attached hydrogens (tertiary/aromatic N) is 2. The summed E-state index contributed by atoms with van der Waals surface area (Å²) in [6, 6.07) is 8.97. The van der Waals surface area contributed by atoms with E-state index in [1.807, 2.05) is 25.7 Å². The maximum absolute atomic E-state index is 13.0. The molecule has 0 aromatic heterocycles. The van der Waals surface area contributed by atoms with Gasteiger partial charge in [0.1, 0.15) is 5.60 Å². The number of benzene rings is 1. The van der Waals surface area contributed by atoms with E-state index in [2.05, 4.69) is 48.3 Å². The Hall–Kier alpha value is -2.08. The van der Waals surface area contributed by atoms with Gasteiger partial charge in [0.2, 0.25) is 5.91 Å². The van der Waals surface area contributed by atoms with Gasteiger partial charge < -0.3 is 19.9 Å². The molecule has 4 rings (SSSR count). The van der Waals surface area contributed by atoms with E-state index >= 15 is 0 Å². The predicted octanol–water partition coefficient (Wildman–Crippen LogP) is 4.46. The second-order valence-corrected chi connectivity index (χ2v) is 11.3. The van der Waals surface area contributed by atoms with Gasteiger partial charge in [0, 0.05) is 25.7 Å². The van der Waals surface area contributed by atoms with Crippen molar-refractivity contribution in [2.75, 3.05) is 26.2 Å². The summed E-state index contributed by atoms with van der Waals surface area (Å²) >= 11 is 0. The van der Waals surface area contributed by atoms with Crippen LogP contribution in [0.25, 0.3) is 0 Å². The predicted molar refractivity (Wildman–Crippen MR) is 125 cm³/mol. The van der Waals surface area contributed by atoms with Crippen molar-refractivity contribution in [2.24, 2.45) is 5.41 Å². The first-order valence-corrected chi connectivity index (χ1v) is 12.2. The van der Waals surface area contributed by atoms with Gasteiger partial charge in [0.15, 0.2) is 0 Å². The Kier molecular flexibility index (Phi) is 6.27. The Morgan fingerprint density at radius 1 is 1.16 bits per heavy atom. The molecule has 1 saturated carbocycles. The van der Waals surface area contributed by atoms with Gasteiger partial charge in [-0.05, 0) is 68.9 Å². The molecule has 1 spiro atoms. The molecule has 32 heavy (non-hydrogen) atoms. The van der Waals surface area contributed by atoms with Crippen LogP contribution in [0.3, 0.4) is 0 Å². The third-order valence-electron chi connectivity index (χ3n) is 7.42. The molecular formula is C26H39N3O3. The minimum absolute atomic E-state index is 0.0963. The van der Waals surface area contributed by atoms with Crippen LogP contribution >= 0.6 is 0 Å². The van der Waals surface area contributed by atoms with E-state index in [0.29, 0.717) is 18.5 Å². The van der Waals surface area contributed by atoms with Crippen molar-refractivity contribution in [3.05, 3.63) is 35.4 Å². The van der Waals surface area contributed by atoms with E-state index in [1.165, 1.54) is 11.1 Å². The summed E-state index contributed by atoms with van der Waals surface area (Å²) in [5.74, 6) is 0.640. The summed E-state index contributed by atoms with van der Waals surface area (Å²) in [5.41, 5.74) is 2.41. The molecule has 0 radical (unpaired) electrons. The number of amides is 2. The molecule has 3 aliphatic rings.